The second-order valence-electron chi connectivity index (χ2n) is 5.08. The first-order valence-electron chi connectivity index (χ1n) is 7.11. The van der Waals surface area contributed by atoms with E-state index in [1.165, 1.54) is 7.11 Å². The Hall–Kier alpha value is -2.24. The Labute approximate surface area is 124 Å². The van der Waals surface area contributed by atoms with Gasteiger partial charge < -0.3 is 20.7 Å². The Morgan fingerprint density at radius 2 is 2.00 bits per heavy atom. The van der Waals surface area contributed by atoms with Gasteiger partial charge in [-0.15, -0.1) is 0 Å². The van der Waals surface area contributed by atoms with Gasteiger partial charge >= 0.3 is 0 Å². The first kappa shape index (κ1) is 15.2. The average molecular weight is 291 g/mol. The van der Waals surface area contributed by atoms with Crippen molar-refractivity contribution < 1.29 is 14.3 Å². The second-order valence-corrected chi connectivity index (χ2v) is 5.08. The molecule has 6 nitrogen and oxygen atoms in total. The van der Waals surface area contributed by atoms with Crippen LogP contribution in [0.1, 0.15) is 29.6 Å². The van der Waals surface area contributed by atoms with Crippen LogP contribution in [0.2, 0.25) is 0 Å². The van der Waals surface area contributed by atoms with E-state index in [1.807, 2.05) is 0 Å². The van der Waals surface area contributed by atoms with Crippen LogP contribution in [-0.2, 0) is 4.79 Å². The molecule has 21 heavy (non-hydrogen) atoms. The fraction of sp³-hybridized carbons (Fsp3) is 0.467. The summed E-state index contributed by atoms with van der Waals surface area (Å²) in [7, 11) is 1.52. The lowest BCUT2D eigenvalue weighted by atomic mass is 10.1. The number of carbonyl (C=O) groups excluding carboxylic acids is 2. The summed E-state index contributed by atoms with van der Waals surface area (Å²) in [5, 5.41) is 2.62. The van der Waals surface area contributed by atoms with Crippen LogP contribution in [0.15, 0.2) is 18.2 Å². The van der Waals surface area contributed by atoms with Crippen molar-refractivity contribution in [2.45, 2.75) is 19.3 Å². The predicted octanol–water partition coefficient (Wildman–Crippen LogP) is 1.02. The molecule has 3 N–H and O–H groups in total. The molecule has 1 aliphatic heterocycles. The Kier molecular flexibility index (Phi) is 5.03. The van der Waals surface area contributed by atoms with Gasteiger partial charge in [0, 0.05) is 18.8 Å². The summed E-state index contributed by atoms with van der Waals surface area (Å²) in [6.45, 7) is 1.54. The normalized spacial score (nSPS) is 14.6. The number of carbonyl (C=O) groups is 2. The number of piperidine rings is 1. The van der Waals surface area contributed by atoms with Crippen molar-refractivity contribution in [2.75, 3.05) is 32.5 Å². The number of hydrogen-bond acceptors (Lipinski definition) is 4. The minimum atomic E-state index is -0.364. The summed E-state index contributed by atoms with van der Waals surface area (Å²) in [5.74, 6) is 0.137. The molecule has 6 heteroatoms. The maximum Gasteiger partial charge on any atom is 0.253 e. The van der Waals surface area contributed by atoms with Gasteiger partial charge in [-0.2, -0.15) is 0 Å². The van der Waals surface area contributed by atoms with E-state index in [9.17, 15) is 9.59 Å². The van der Waals surface area contributed by atoms with E-state index in [2.05, 4.69) is 5.32 Å². The zero-order chi connectivity index (χ0) is 15.2. The Morgan fingerprint density at radius 1 is 1.29 bits per heavy atom. The van der Waals surface area contributed by atoms with Gasteiger partial charge in [0.2, 0.25) is 5.91 Å². The highest BCUT2D eigenvalue weighted by molar-refractivity contribution is 6.01. The molecule has 1 aliphatic rings. The van der Waals surface area contributed by atoms with E-state index >= 15 is 0 Å². The van der Waals surface area contributed by atoms with E-state index in [-0.39, 0.29) is 18.4 Å². The van der Waals surface area contributed by atoms with Crippen molar-refractivity contribution in [2.24, 2.45) is 0 Å². The molecule has 1 aromatic rings. The summed E-state index contributed by atoms with van der Waals surface area (Å²) >= 11 is 0. The lowest BCUT2D eigenvalue weighted by Gasteiger charge is -2.26. The van der Waals surface area contributed by atoms with Crippen LogP contribution in [0.25, 0.3) is 0 Å². The lowest BCUT2D eigenvalue weighted by Crippen LogP contribution is -2.42. The predicted molar refractivity (Wildman–Crippen MR) is 80.2 cm³/mol. The third-order valence-corrected chi connectivity index (χ3v) is 3.61. The standard InChI is InChI=1S/C15H21N3O3/c1-21-11-5-6-13(16)12(9-11)15(20)17-10-14(19)18-7-3-2-4-8-18/h5-6,9H,2-4,7-8,10,16H2,1H3,(H,17,20). The van der Waals surface area contributed by atoms with E-state index in [0.29, 0.717) is 17.0 Å². The maximum atomic E-state index is 12.1. The molecular weight excluding hydrogens is 270 g/mol. The van der Waals surface area contributed by atoms with Gasteiger partial charge in [-0.1, -0.05) is 0 Å². The largest absolute Gasteiger partial charge is 0.497 e. The van der Waals surface area contributed by atoms with Crippen LogP contribution < -0.4 is 15.8 Å². The number of benzene rings is 1. The van der Waals surface area contributed by atoms with Crippen molar-refractivity contribution in [1.29, 1.82) is 0 Å². The smallest absolute Gasteiger partial charge is 0.253 e. The number of likely N-dealkylation sites (tertiary alicyclic amines) is 1. The number of methoxy groups -OCH3 is 1. The quantitative estimate of drug-likeness (QED) is 0.811. The van der Waals surface area contributed by atoms with Gasteiger partial charge in [-0.3, -0.25) is 9.59 Å². The lowest BCUT2D eigenvalue weighted by molar-refractivity contribution is -0.130. The molecule has 1 saturated heterocycles. The molecule has 0 atom stereocenters. The molecule has 0 unspecified atom stereocenters. The molecule has 0 aliphatic carbocycles. The zero-order valence-corrected chi connectivity index (χ0v) is 12.2. The van der Waals surface area contributed by atoms with Gasteiger partial charge in [-0.05, 0) is 37.5 Å². The number of hydrogen-bond donors (Lipinski definition) is 2. The van der Waals surface area contributed by atoms with Gasteiger partial charge in [0.1, 0.15) is 5.75 Å². The molecule has 2 amide bonds. The first-order valence-corrected chi connectivity index (χ1v) is 7.11. The second kappa shape index (κ2) is 6.97. The molecule has 2 rings (SSSR count). The molecular formula is C15H21N3O3. The number of nitrogens with two attached hydrogens (primary N) is 1. The van der Waals surface area contributed by atoms with Crippen molar-refractivity contribution in [3.63, 3.8) is 0 Å². The van der Waals surface area contributed by atoms with Crippen LogP contribution in [0.4, 0.5) is 5.69 Å². The number of nitrogens with one attached hydrogen (secondary N) is 1. The summed E-state index contributed by atoms with van der Waals surface area (Å²) in [6.07, 6.45) is 3.22. The summed E-state index contributed by atoms with van der Waals surface area (Å²) in [4.78, 5) is 25.9. The highest BCUT2D eigenvalue weighted by atomic mass is 16.5. The van der Waals surface area contributed by atoms with Crippen LogP contribution in [-0.4, -0.2) is 43.5 Å². The van der Waals surface area contributed by atoms with Gasteiger partial charge in [-0.25, -0.2) is 0 Å². The highest BCUT2D eigenvalue weighted by Gasteiger charge is 2.18. The number of nitrogen functional groups attached to an aromatic ring is 1. The molecule has 114 valence electrons. The average Bonchev–Trinajstić information content (AvgIpc) is 2.53. The molecule has 0 bridgehead atoms. The maximum absolute atomic E-state index is 12.1. The monoisotopic (exact) mass is 291 g/mol. The van der Waals surface area contributed by atoms with Crippen molar-refractivity contribution in [1.82, 2.24) is 10.2 Å². The number of anilines is 1. The summed E-state index contributed by atoms with van der Waals surface area (Å²) in [5.41, 5.74) is 6.46. The first-order chi connectivity index (χ1) is 10.1. The van der Waals surface area contributed by atoms with E-state index in [4.69, 9.17) is 10.5 Å². The van der Waals surface area contributed by atoms with E-state index in [0.717, 1.165) is 32.4 Å². The van der Waals surface area contributed by atoms with Crippen LogP contribution in [0.5, 0.6) is 5.75 Å². The minimum absolute atomic E-state index is 0.00448. The number of nitrogens with zero attached hydrogens (tertiary/aromatic N) is 1. The summed E-state index contributed by atoms with van der Waals surface area (Å²) < 4.78 is 5.07. The third kappa shape index (κ3) is 3.87. The molecule has 1 aromatic carbocycles. The highest BCUT2D eigenvalue weighted by Crippen LogP contribution is 2.19. The van der Waals surface area contributed by atoms with Crippen LogP contribution in [0.3, 0.4) is 0 Å². The van der Waals surface area contributed by atoms with E-state index < -0.39 is 0 Å². The number of ether oxygens (including phenoxy) is 1. The van der Waals surface area contributed by atoms with E-state index in [1.54, 1.807) is 23.1 Å². The molecule has 1 fully saturated rings. The fourth-order valence-electron chi connectivity index (χ4n) is 2.37. The van der Waals surface area contributed by atoms with Crippen LogP contribution >= 0.6 is 0 Å². The minimum Gasteiger partial charge on any atom is -0.497 e. The van der Waals surface area contributed by atoms with Gasteiger partial charge in [0.05, 0.1) is 19.2 Å². The van der Waals surface area contributed by atoms with Crippen molar-refractivity contribution in [3.05, 3.63) is 23.8 Å². The Balaban J connectivity index is 1.93. The third-order valence-electron chi connectivity index (χ3n) is 3.61. The van der Waals surface area contributed by atoms with Crippen molar-refractivity contribution in [3.8, 4) is 5.75 Å². The molecule has 0 spiro atoms. The molecule has 0 saturated carbocycles. The number of rotatable bonds is 4. The zero-order valence-electron chi connectivity index (χ0n) is 12.2. The van der Waals surface area contributed by atoms with Crippen molar-refractivity contribution >= 4 is 17.5 Å². The summed E-state index contributed by atoms with van der Waals surface area (Å²) in [6, 6.07) is 4.86. The Morgan fingerprint density at radius 3 is 2.67 bits per heavy atom. The molecule has 0 radical (unpaired) electrons. The fourth-order valence-corrected chi connectivity index (χ4v) is 2.37. The molecule has 1 heterocycles. The number of amides is 2. The van der Waals surface area contributed by atoms with Crippen LogP contribution in [0, 0.1) is 0 Å². The topological polar surface area (TPSA) is 84.7 Å². The molecule has 0 aromatic heterocycles. The van der Waals surface area contributed by atoms with Gasteiger partial charge in [0.25, 0.3) is 5.91 Å². The SMILES string of the molecule is COc1ccc(N)c(C(=O)NCC(=O)N2CCCCC2)c1. The Bertz CT molecular complexity index is 525. The van der Waals surface area contributed by atoms with Gasteiger partial charge in [0.15, 0.2) is 0 Å².